The highest BCUT2D eigenvalue weighted by molar-refractivity contribution is 6.32. The average Bonchev–Trinajstić information content (AvgIpc) is 3.19. The van der Waals surface area contributed by atoms with E-state index in [2.05, 4.69) is 5.32 Å². The molecule has 1 N–H and O–H groups in total. The molecule has 1 aliphatic rings. The summed E-state index contributed by atoms with van der Waals surface area (Å²) in [5.74, 6) is 1.11. The van der Waals surface area contributed by atoms with Crippen LogP contribution in [0.5, 0.6) is 11.5 Å². The van der Waals surface area contributed by atoms with Crippen LogP contribution >= 0.6 is 11.6 Å². The Morgan fingerprint density at radius 3 is 2.85 bits per heavy atom. The molecule has 1 amide bonds. The molecule has 0 unspecified atom stereocenters. The number of carbonyl (C=O) groups is 1. The zero-order valence-corrected chi connectivity index (χ0v) is 15.4. The second-order valence-electron chi connectivity index (χ2n) is 6.09. The van der Waals surface area contributed by atoms with Crippen LogP contribution in [0.4, 0.5) is 0 Å². The fourth-order valence-corrected chi connectivity index (χ4v) is 3.05. The van der Waals surface area contributed by atoms with E-state index in [1.165, 1.54) is 0 Å². The number of ether oxygens (including phenoxy) is 3. The summed E-state index contributed by atoms with van der Waals surface area (Å²) >= 11 is 6.12. The number of methoxy groups -OCH3 is 1. The van der Waals surface area contributed by atoms with Crippen molar-refractivity contribution in [2.45, 2.75) is 25.6 Å². The maximum absolute atomic E-state index is 12.4. The van der Waals surface area contributed by atoms with Crippen molar-refractivity contribution in [3.8, 4) is 11.5 Å². The van der Waals surface area contributed by atoms with E-state index in [0.29, 0.717) is 28.6 Å². The van der Waals surface area contributed by atoms with Crippen LogP contribution in [-0.4, -0.2) is 32.3 Å². The zero-order chi connectivity index (χ0) is 18.4. The lowest BCUT2D eigenvalue weighted by molar-refractivity contribution is 0.0857. The highest BCUT2D eigenvalue weighted by atomic mass is 35.5. The highest BCUT2D eigenvalue weighted by Crippen LogP contribution is 2.26. The Labute approximate surface area is 158 Å². The first-order chi connectivity index (χ1) is 12.7. The number of amides is 1. The van der Waals surface area contributed by atoms with Crippen molar-refractivity contribution in [3.63, 3.8) is 0 Å². The molecule has 1 aliphatic heterocycles. The van der Waals surface area contributed by atoms with Gasteiger partial charge in [-0.1, -0.05) is 23.7 Å². The fourth-order valence-electron chi connectivity index (χ4n) is 2.86. The largest absolute Gasteiger partial charge is 0.496 e. The van der Waals surface area contributed by atoms with Crippen LogP contribution in [0.3, 0.4) is 0 Å². The van der Waals surface area contributed by atoms with Crippen LogP contribution in [0.1, 0.15) is 28.8 Å². The van der Waals surface area contributed by atoms with Gasteiger partial charge in [-0.2, -0.15) is 0 Å². The molecule has 138 valence electrons. The van der Waals surface area contributed by atoms with Crippen LogP contribution in [0, 0.1) is 0 Å². The van der Waals surface area contributed by atoms with Crippen LogP contribution < -0.4 is 14.8 Å². The predicted molar refractivity (Wildman–Crippen MR) is 100 cm³/mol. The van der Waals surface area contributed by atoms with Crippen LogP contribution in [-0.2, 0) is 11.3 Å². The predicted octanol–water partition coefficient (Wildman–Crippen LogP) is 3.84. The van der Waals surface area contributed by atoms with Gasteiger partial charge in [0.15, 0.2) is 0 Å². The maximum Gasteiger partial charge on any atom is 0.251 e. The molecule has 0 radical (unpaired) electrons. The van der Waals surface area contributed by atoms with Gasteiger partial charge in [0.05, 0.1) is 18.2 Å². The van der Waals surface area contributed by atoms with E-state index in [-0.39, 0.29) is 18.6 Å². The molecule has 0 aromatic heterocycles. The molecule has 5 nitrogen and oxygen atoms in total. The minimum atomic E-state index is -0.137. The summed E-state index contributed by atoms with van der Waals surface area (Å²) in [6, 6.07) is 12.5. The van der Waals surface area contributed by atoms with E-state index in [4.69, 9.17) is 25.8 Å². The minimum Gasteiger partial charge on any atom is -0.496 e. The first-order valence-electron chi connectivity index (χ1n) is 8.61. The van der Waals surface area contributed by atoms with Gasteiger partial charge >= 0.3 is 0 Å². The van der Waals surface area contributed by atoms with Gasteiger partial charge in [0.25, 0.3) is 5.91 Å². The lowest BCUT2D eigenvalue weighted by Crippen LogP contribution is -2.31. The van der Waals surface area contributed by atoms with Crippen molar-refractivity contribution >= 4 is 17.5 Å². The molecule has 2 aromatic carbocycles. The smallest absolute Gasteiger partial charge is 0.251 e. The summed E-state index contributed by atoms with van der Waals surface area (Å²) in [7, 11) is 1.59. The van der Waals surface area contributed by atoms with Gasteiger partial charge in [0.1, 0.15) is 18.1 Å². The molecule has 0 bridgehead atoms. The van der Waals surface area contributed by atoms with Crippen LogP contribution in [0.25, 0.3) is 0 Å². The number of carbonyl (C=O) groups excluding carboxylic acids is 1. The van der Waals surface area contributed by atoms with E-state index in [1.807, 2.05) is 12.1 Å². The molecule has 0 spiro atoms. The molecular formula is C20H22ClNO4. The maximum atomic E-state index is 12.4. The van der Waals surface area contributed by atoms with Gasteiger partial charge < -0.3 is 19.5 Å². The van der Waals surface area contributed by atoms with Crippen LogP contribution in [0.2, 0.25) is 5.02 Å². The fraction of sp³-hybridized carbons (Fsp3) is 0.350. The number of rotatable bonds is 7. The normalized spacial score (nSPS) is 16.3. The van der Waals surface area contributed by atoms with E-state index < -0.39 is 0 Å². The topological polar surface area (TPSA) is 56.8 Å². The van der Waals surface area contributed by atoms with Crippen molar-refractivity contribution in [1.82, 2.24) is 5.32 Å². The van der Waals surface area contributed by atoms with E-state index in [1.54, 1.807) is 37.4 Å². The van der Waals surface area contributed by atoms with Crippen LogP contribution in [0.15, 0.2) is 42.5 Å². The molecule has 3 rings (SSSR count). The van der Waals surface area contributed by atoms with E-state index in [0.717, 1.165) is 25.0 Å². The Kier molecular flexibility index (Phi) is 6.36. The van der Waals surface area contributed by atoms with Gasteiger partial charge in [0, 0.05) is 24.3 Å². The SMILES string of the molecule is COc1ccc(C(=O)NC[C@@H]2CCCO2)cc1COc1ccccc1Cl. The molecule has 1 fully saturated rings. The second-order valence-corrected chi connectivity index (χ2v) is 6.50. The number of hydrogen-bond acceptors (Lipinski definition) is 4. The second kappa shape index (κ2) is 8.92. The third kappa shape index (κ3) is 4.68. The standard InChI is InChI=1S/C20H22ClNO4/c1-24-18-9-8-14(20(23)22-12-16-5-4-10-25-16)11-15(18)13-26-19-7-3-2-6-17(19)21/h2-3,6-9,11,16H,4-5,10,12-13H2,1H3,(H,22,23)/t16-/m0/s1. The number of benzene rings is 2. The molecule has 26 heavy (non-hydrogen) atoms. The molecule has 2 aromatic rings. The first kappa shape index (κ1) is 18.5. The molecule has 0 saturated carbocycles. The summed E-state index contributed by atoms with van der Waals surface area (Å²) in [5, 5.41) is 3.46. The average molecular weight is 376 g/mol. The molecule has 1 saturated heterocycles. The Hall–Kier alpha value is -2.24. The zero-order valence-electron chi connectivity index (χ0n) is 14.7. The number of nitrogens with one attached hydrogen (secondary N) is 1. The van der Waals surface area contributed by atoms with Crippen molar-refractivity contribution < 1.29 is 19.0 Å². The third-order valence-corrected chi connectivity index (χ3v) is 4.59. The van der Waals surface area contributed by atoms with Crippen molar-refractivity contribution in [1.29, 1.82) is 0 Å². The Balaban J connectivity index is 1.67. The third-order valence-electron chi connectivity index (χ3n) is 4.28. The highest BCUT2D eigenvalue weighted by Gasteiger charge is 2.17. The minimum absolute atomic E-state index is 0.111. The molecule has 6 heteroatoms. The Morgan fingerprint density at radius 1 is 1.27 bits per heavy atom. The van der Waals surface area contributed by atoms with Gasteiger partial charge in [-0.3, -0.25) is 4.79 Å². The van der Waals surface area contributed by atoms with E-state index in [9.17, 15) is 4.79 Å². The summed E-state index contributed by atoms with van der Waals surface area (Å²) in [4.78, 5) is 12.4. The lowest BCUT2D eigenvalue weighted by atomic mass is 10.1. The number of para-hydroxylation sites is 1. The summed E-state index contributed by atoms with van der Waals surface area (Å²) in [5.41, 5.74) is 1.33. The van der Waals surface area contributed by atoms with Gasteiger partial charge in [0.2, 0.25) is 0 Å². The molecule has 1 atom stereocenters. The first-order valence-corrected chi connectivity index (χ1v) is 8.99. The van der Waals surface area contributed by atoms with Gasteiger partial charge in [-0.05, 0) is 43.2 Å². The molecular weight excluding hydrogens is 354 g/mol. The quantitative estimate of drug-likeness (QED) is 0.798. The Bertz CT molecular complexity index is 759. The Morgan fingerprint density at radius 2 is 2.12 bits per heavy atom. The van der Waals surface area contributed by atoms with Crippen molar-refractivity contribution in [3.05, 3.63) is 58.6 Å². The monoisotopic (exact) mass is 375 g/mol. The summed E-state index contributed by atoms with van der Waals surface area (Å²) < 4.78 is 16.7. The summed E-state index contributed by atoms with van der Waals surface area (Å²) in [6.45, 7) is 1.54. The van der Waals surface area contributed by atoms with Crippen molar-refractivity contribution in [2.75, 3.05) is 20.3 Å². The number of hydrogen-bond donors (Lipinski definition) is 1. The number of halogens is 1. The summed E-state index contributed by atoms with van der Waals surface area (Å²) in [6.07, 6.45) is 2.15. The molecule has 0 aliphatic carbocycles. The molecule has 1 heterocycles. The van der Waals surface area contributed by atoms with Gasteiger partial charge in [-0.15, -0.1) is 0 Å². The van der Waals surface area contributed by atoms with Crippen molar-refractivity contribution in [2.24, 2.45) is 0 Å². The van der Waals surface area contributed by atoms with E-state index >= 15 is 0 Å². The lowest BCUT2D eigenvalue weighted by Gasteiger charge is -2.14. The van der Waals surface area contributed by atoms with Gasteiger partial charge in [-0.25, -0.2) is 0 Å².